The van der Waals surface area contributed by atoms with Crippen LogP contribution in [0.5, 0.6) is 0 Å². The molecule has 0 bridgehead atoms. The fraction of sp³-hybridized carbons (Fsp3) is 0.476. The molecule has 0 amide bonds. The maximum atomic E-state index is 14.4. The molecule has 146 valence electrons. The van der Waals surface area contributed by atoms with Crippen LogP contribution < -0.4 is 16.0 Å². The summed E-state index contributed by atoms with van der Waals surface area (Å²) in [4.78, 5) is 4.21. The maximum Gasteiger partial charge on any atom is 0.144 e. The van der Waals surface area contributed by atoms with Crippen LogP contribution in [0.2, 0.25) is 0 Å². The van der Waals surface area contributed by atoms with Crippen LogP contribution in [0.15, 0.2) is 24.5 Å². The van der Waals surface area contributed by atoms with Gasteiger partial charge in [0.2, 0.25) is 0 Å². The summed E-state index contributed by atoms with van der Waals surface area (Å²) in [6.07, 6.45) is 2.98. The Hall–Kier alpha value is -1.69. The standard InChI is InChI=1S/C21H27ClFN3O/c1-13-9-15(21(2,3)4)6-5-14(13)10-24-18(27)11-26-12-25-17-8-7-16(22)19(23)20(17)26/h5-6,8-9,12,16,18,24,27H,7,10-11H2,1-4H3. The number of aliphatic hydroxyl groups is 1. The lowest BCUT2D eigenvalue weighted by atomic mass is 9.85. The lowest BCUT2D eigenvalue weighted by Crippen LogP contribution is -2.41. The normalized spacial score (nSPS) is 18.2. The van der Waals surface area contributed by atoms with E-state index in [0.29, 0.717) is 23.7 Å². The first kappa shape index (κ1) is 20.1. The van der Waals surface area contributed by atoms with Crippen LogP contribution in [0.3, 0.4) is 0 Å². The average molecular weight is 392 g/mol. The number of benzene rings is 1. The van der Waals surface area contributed by atoms with E-state index in [1.807, 2.05) is 6.08 Å². The second kappa shape index (κ2) is 7.74. The van der Waals surface area contributed by atoms with Crippen molar-refractivity contribution in [3.63, 3.8) is 0 Å². The van der Waals surface area contributed by atoms with Crippen LogP contribution in [0.4, 0.5) is 4.39 Å². The number of aryl methyl sites for hydroxylation is 1. The van der Waals surface area contributed by atoms with Crippen molar-refractivity contribution in [2.45, 2.75) is 64.2 Å². The minimum atomic E-state index is -0.825. The van der Waals surface area contributed by atoms with Gasteiger partial charge < -0.3 is 9.67 Å². The lowest BCUT2D eigenvalue weighted by molar-refractivity contribution is 0.115. The van der Waals surface area contributed by atoms with Crippen LogP contribution >= 0.6 is 11.6 Å². The quantitative estimate of drug-likeness (QED) is 0.608. The molecule has 0 spiro atoms. The molecule has 6 heteroatoms. The highest BCUT2D eigenvalue weighted by molar-refractivity contribution is 6.25. The smallest absolute Gasteiger partial charge is 0.144 e. The second-order valence-corrected chi connectivity index (χ2v) is 8.70. The second-order valence-electron chi connectivity index (χ2n) is 8.17. The number of imidazole rings is 1. The summed E-state index contributed by atoms with van der Waals surface area (Å²) in [6.45, 7) is 9.37. The van der Waals surface area contributed by atoms with Gasteiger partial charge in [0.1, 0.15) is 17.4 Å². The van der Waals surface area contributed by atoms with Gasteiger partial charge in [-0.1, -0.05) is 45.0 Å². The average Bonchev–Trinajstić information content (AvgIpc) is 2.99. The monoisotopic (exact) mass is 391 g/mol. The van der Waals surface area contributed by atoms with Gasteiger partial charge in [0.15, 0.2) is 0 Å². The number of halogens is 2. The molecule has 2 unspecified atom stereocenters. The minimum absolute atomic E-state index is 0.106. The Balaban J connectivity index is 1.69. The predicted molar refractivity (Wildman–Crippen MR) is 107 cm³/mol. The Kier molecular flexibility index (Phi) is 5.75. The van der Waals surface area contributed by atoms with Crippen molar-refractivity contribution in [2.75, 3.05) is 0 Å². The molecule has 0 saturated heterocycles. The van der Waals surface area contributed by atoms with Gasteiger partial charge in [0.25, 0.3) is 0 Å². The number of nitrogens with zero attached hydrogens (tertiary/aromatic N) is 2. The molecule has 27 heavy (non-hydrogen) atoms. The largest absolute Gasteiger partial charge is 0.377 e. The number of alkyl halides is 1. The molecule has 1 aromatic carbocycles. The van der Waals surface area contributed by atoms with Crippen molar-refractivity contribution in [2.24, 2.45) is 0 Å². The number of hydrogen-bond acceptors (Lipinski definition) is 3. The van der Waals surface area contributed by atoms with Gasteiger partial charge in [-0.2, -0.15) is 0 Å². The molecule has 2 N–H and O–H groups in total. The Bertz CT molecular complexity index is 945. The molecule has 0 fully saturated rings. The Labute approximate surface area is 164 Å². The summed E-state index contributed by atoms with van der Waals surface area (Å²) in [5.74, 6) is -0.382. The van der Waals surface area contributed by atoms with Gasteiger partial charge in [0.05, 0.1) is 23.6 Å². The molecule has 3 rings (SSSR count). The van der Waals surface area contributed by atoms with Gasteiger partial charge in [-0.05, 0) is 35.4 Å². The van der Waals surface area contributed by atoms with Crippen LogP contribution in [-0.2, 0) is 18.5 Å². The molecule has 0 aliphatic heterocycles. The molecule has 1 aliphatic carbocycles. The molecule has 4 nitrogen and oxygen atoms in total. The van der Waals surface area contributed by atoms with Crippen LogP contribution in [-0.4, -0.2) is 26.3 Å². The third kappa shape index (κ3) is 4.42. The number of rotatable bonds is 5. The molecular formula is C21H27ClFN3O. The summed E-state index contributed by atoms with van der Waals surface area (Å²) in [5, 5.41) is 13.8. The number of nitrogens with one attached hydrogen (secondary N) is 1. The highest BCUT2D eigenvalue weighted by Gasteiger charge is 2.19. The van der Waals surface area contributed by atoms with Crippen LogP contribution in [0.1, 0.15) is 43.9 Å². The van der Waals surface area contributed by atoms with E-state index in [2.05, 4.69) is 56.2 Å². The molecule has 2 atom stereocenters. The zero-order valence-electron chi connectivity index (χ0n) is 16.3. The van der Waals surface area contributed by atoms with E-state index in [0.717, 1.165) is 5.56 Å². The van der Waals surface area contributed by atoms with Crippen molar-refractivity contribution in [1.29, 1.82) is 0 Å². The summed E-state index contributed by atoms with van der Waals surface area (Å²) in [6, 6.07) is 6.41. The van der Waals surface area contributed by atoms with E-state index in [-0.39, 0.29) is 17.8 Å². The first-order chi connectivity index (χ1) is 12.7. The first-order valence-corrected chi connectivity index (χ1v) is 9.67. The number of aromatic nitrogens is 2. The molecule has 2 aromatic rings. The van der Waals surface area contributed by atoms with Crippen LogP contribution in [0, 0.1) is 6.92 Å². The Morgan fingerprint density at radius 1 is 1.41 bits per heavy atom. The Morgan fingerprint density at radius 3 is 2.81 bits per heavy atom. The lowest BCUT2D eigenvalue weighted by Gasteiger charge is -2.21. The first-order valence-electron chi connectivity index (χ1n) is 9.23. The van der Waals surface area contributed by atoms with Crippen molar-refractivity contribution < 1.29 is 9.50 Å². The van der Waals surface area contributed by atoms with E-state index in [1.165, 1.54) is 11.1 Å². The SMILES string of the molecule is Cc1cc(C(C)(C)C)ccc1CNC(O)Cn1cnc2c1=C(F)C(Cl)CC=2. The number of aliphatic hydroxyl groups excluding tert-OH is 1. The number of hydrogen-bond donors (Lipinski definition) is 2. The molecule has 1 aliphatic rings. The van der Waals surface area contributed by atoms with Gasteiger partial charge in [-0.3, -0.25) is 5.32 Å². The maximum absolute atomic E-state index is 14.4. The van der Waals surface area contributed by atoms with E-state index < -0.39 is 11.6 Å². The molecule has 0 radical (unpaired) electrons. The van der Waals surface area contributed by atoms with E-state index in [4.69, 9.17) is 11.6 Å². The van der Waals surface area contributed by atoms with E-state index in [9.17, 15) is 9.50 Å². The summed E-state index contributed by atoms with van der Waals surface area (Å²) < 4.78 is 16.0. The van der Waals surface area contributed by atoms with Crippen LogP contribution in [0.25, 0.3) is 11.9 Å². The highest BCUT2D eigenvalue weighted by atomic mass is 35.5. The van der Waals surface area contributed by atoms with Gasteiger partial charge in [-0.15, -0.1) is 11.6 Å². The molecule has 1 heterocycles. The third-order valence-electron chi connectivity index (χ3n) is 4.99. The van der Waals surface area contributed by atoms with E-state index >= 15 is 0 Å². The van der Waals surface area contributed by atoms with Crippen molar-refractivity contribution in [3.8, 4) is 0 Å². The minimum Gasteiger partial charge on any atom is -0.377 e. The molecule has 1 aromatic heterocycles. The summed E-state index contributed by atoms with van der Waals surface area (Å²) in [7, 11) is 0. The van der Waals surface area contributed by atoms with Gasteiger partial charge in [-0.25, -0.2) is 9.37 Å². The zero-order valence-corrected chi connectivity index (χ0v) is 17.0. The fourth-order valence-electron chi connectivity index (χ4n) is 3.25. The topological polar surface area (TPSA) is 50.1 Å². The third-order valence-corrected chi connectivity index (χ3v) is 5.36. The molecule has 0 saturated carbocycles. The van der Waals surface area contributed by atoms with Crippen molar-refractivity contribution >= 4 is 23.5 Å². The van der Waals surface area contributed by atoms with E-state index in [1.54, 1.807) is 10.9 Å². The number of fused-ring (bicyclic) bond motifs is 1. The fourth-order valence-corrected chi connectivity index (χ4v) is 3.44. The summed E-state index contributed by atoms with van der Waals surface area (Å²) in [5.41, 5.74) is 3.70. The zero-order chi connectivity index (χ0) is 19.8. The highest BCUT2D eigenvalue weighted by Crippen LogP contribution is 2.24. The van der Waals surface area contributed by atoms with Gasteiger partial charge >= 0.3 is 0 Å². The predicted octanol–water partition coefficient (Wildman–Crippen LogP) is 2.47. The van der Waals surface area contributed by atoms with Crippen molar-refractivity contribution in [1.82, 2.24) is 14.9 Å². The van der Waals surface area contributed by atoms with Gasteiger partial charge in [0, 0.05) is 6.54 Å². The summed E-state index contributed by atoms with van der Waals surface area (Å²) >= 11 is 6.00. The van der Waals surface area contributed by atoms with Crippen molar-refractivity contribution in [3.05, 3.63) is 51.9 Å². The molecular weight excluding hydrogens is 365 g/mol. The Morgan fingerprint density at radius 2 is 2.15 bits per heavy atom.